The predicted molar refractivity (Wildman–Crippen MR) is 98.1 cm³/mol. The Balaban J connectivity index is 0.00000364. The number of hydrogen-bond donors (Lipinski definition) is 2. The number of carbonyl (C=O) groups is 2. The van der Waals surface area contributed by atoms with Crippen LogP contribution >= 0.6 is 12.4 Å². The Kier molecular flexibility index (Phi) is 8.10. The SMILES string of the molecule is CC(C)[C@H](N)C(=O)NCC(=O)N(Cc1ccccc1C(F)(F)F)C1CC1.Cl. The molecule has 2 amide bonds. The van der Waals surface area contributed by atoms with E-state index in [1.165, 1.54) is 23.1 Å². The van der Waals surface area contributed by atoms with Gasteiger partial charge in [0.2, 0.25) is 11.8 Å². The maximum absolute atomic E-state index is 13.2. The molecule has 2 rings (SSSR count). The molecule has 152 valence electrons. The largest absolute Gasteiger partial charge is 0.416 e. The van der Waals surface area contributed by atoms with E-state index in [0.717, 1.165) is 18.9 Å². The zero-order valence-electron chi connectivity index (χ0n) is 15.3. The van der Waals surface area contributed by atoms with Crippen molar-refractivity contribution in [1.82, 2.24) is 10.2 Å². The first kappa shape index (κ1) is 23.2. The lowest BCUT2D eigenvalue weighted by Gasteiger charge is -2.25. The minimum absolute atomic E-state index is 0. The van der Waals surface area contributed by atoms with Crippen LogP contribution in [0.2, 0.25) is 0 Å². The van der Waals surface area contributed by atoms with Crippen LogP contribution in [0.5, 0.6) is 0 Å². The molecule has 0 spiro atoms. The van der Waals surface area contributed by atoms with Crippen molar-refractivity contribution < 1.29 is 22.8 Å². The molecule has 1 fully saturated rings. The molecule has 1 aliphatic rings. The number of alkyl halides is 3. The summed E-state index contributed by atoms with van der Waals surface area (Å²) >= 11 is 0. The molecule has 3 N–H and O–H groups in total. The van der Waals surface area contributed by atoms with E-state index in [4.69, 9.17) is 5.73 Å². The Morgan fingerprint density at radius 2 is 1.85 bits per heavy atom. The molecule has 1 saturated carbocycles. The van der Waals surface area contributed by atoms with Gasteiger partial charge in [-0.15, -0.1) is 12.4 Å². The summed E-state index contributed by atoms with van der Waals surface area (Å²) in [5, 5.41) is 2.48. The fourth-order valence-electron chi connectivity index (χ4n) is 2.61. The Hall–Kier alpha value is -1.80. The number of halogens is 4. The van der Waals surface area contributed by atoms with Crippen LogP contribution in [0.25, 0.3) is 0 Å². The molecule has 0 aliphatic heterocycles. The highest BCUT2D eigenvalue weighted by Gasteiger charge is 2.37. The molecule has 27 heavy (non-hydrogen) atoms. The van der Waals surface area contributed by atoms with Crippen molar-refractivity contribution in [1.29, 1.82) is 0 Å². The van der Waals surface area contributed by atoms with Gasteiger partial charge in [-0.2, -0.15) is 13.2 Å². The number of carbonyl (C=O) groups excluding carboxylic acids is 2. The van der Waals surface area contributed by atoms with Crippen LogP contribution in [0.4, 0.5) is 13.2 Å². The maximum atomic E-state index is 13.2. The Labute approximate surface area is 162 Å². The highest BCUT2D eigenvalue weighted by atomic mass is 35.5. The van der Waals surface area contributed by atoms with Crippen molar-refractivity contribution in [2.24, 2.45) is 11.7 Å². The summed E-state index contributed by atoms with van der Waals surface area (Å²) in [6.45, 7) is 3.17. The van der Waals surface area contributed by atoms with Gasteiger partial charge in [0.25, 0.3) is 0 Å². The number of rotatable bonds is 7. The standard InChI is InChI=1S/C18H24F3N3O2.ClH/c1-11(2)16(22)17(26)23-9-15(25)24(13-7-8-13)10-12-5-3-4-6-14(12)18(19,20)21;/h3-6,11,13,16H,7-10,22H2,1-2H3,(H,23,26);1H/t16-;/m0./s1. The van der Waals surface area contributed by atoms with Gasteiger partial charge in [0.05, 0.1) is 18.2 Å². The Morgan fingerprint density at radius 3 is 2.37 bits per heavy atom. The molecular weight excluding hydrogens is 383 g/mol. The lowest BCUT2D eigenvalue weighted by Crippen LogP contribution is -2.48. The predicted octanol–water partition coefficient (Wildman–Crippen LogP) is 2.72. The van der Waals surface area contributed by atoms with Crippen LogP contribution in [0.1, 0.15) is 37.8 Å². The van der Waals surface area contributed by atoms with E-state index in [1.807, 2.05) is 0 Å². The molecule has 0 heterocycles. The van der Waals surface area contributed by atoms with Crippen LogP contribution in [0.3, 0.4) is 0 Å². The van der Waals surface area contributed by atoms with Crippen molar-refractivity contribution in [3.63, 3.8) is 0 Å². The molecule has 1 aromatic carbocycles. The van der Waals surface area contributed by atoms with Gasteiger partial charge in [-0.3, -0.25) is 9.59 Å². The van der Waals surface area contributed by atoms with Crippen LogP contribution in [0.15, 0.2) is 24.3 Å². The topological polar surface area (TPSA) is 75.4 Å². The van der Waals surface area contributed by atoms with Gasteiger partial charge < -0.3 is 16.0 Å². The van der Waals surface area contributed by atoms with Gasteiger partial charge in [0.15, 0.2) is 0 Å². The summed E-state index contributed by atoms with van der Waals surface area (Å²) in [4.78, 5) is 25.8. The summed E-state index contributed by atoms with van der Waals surface area (Å²) in [5.41, 5.74) is 5.02. The molecule has 9 heteroatoms. The zero-order chi connectivity index (χ0) is 19.5. The highest BCUT2D eigenvalue weighted by molar-refractivity contribution is 5.87. The zero-order valence-corrected chi connectivity index (χ0v) is 16.1. The van der Waals surface area contributed by atoms with E-state index in [-0.39, 0.29) is 43.0 Å². The van der Waals surface area contributed by atoms with E-state index in [9.17, 15) is 22.8 Å². The van der Waals surface area contributed by atoms with Gasteiger partial charge in [-0.05, 0) is 30.4 Å². The van der Waals surface area contributed by atoms with Gasteiger partial charge >= 0.3 is 6.18 Å². The number of amides is 2. The lowest BCUT2D eigenvalue weighted by atomic mass is 10.1. The molecule has 0 saturated heterocycles. The molecule has 0 bridgehead atoms. The summed E-state index contributed by atoms with van der Waals surface area (Å²) in [6.07, 6.45) is -2.98. The van der Waals surface area contributed by atoms with Gasteiger partial charge in [0, 0.05) is 12.6 Å². The first-order valence-electron chi connectivity index (χ1n) is 8.59. The fraction of sp³-hybridized carbons (Fsp3) is 0.556. The molecule has 1 aromatic rings. The van der Waals surface area contributed by atoms with Crippen LogP contribution < -0.4 is 11.1 Å². The monoisotopic (exact) mass is 407 g/mol. The highest BCUT2D eigenvalue weighted by Crippen LogP contribution is 2.34. The summed E-state index contributed by atoms with van der Waals surface area (Å²) in [7, 11) is 0. The average molecular weight is 408 g/mol. The third-order valence-corrected chi connectivity index (χ3v) is 4.41. The number of nitrogens with zero attached hydrogens (tertiary/aromatic N) is 1. The number of hydrogen-bond acceptors (Lipinski definition) is 3. The number of benzene rings is 1. The second kappa shape index (κ2) is 9.41. The van der Waals surface area contributed by atoms with E-state index in [0.29, 0.717) is 0 Å². The molecule has 1 aliphatic carbocycles. The smallest absolute Gasteiger partial charge is 0.346 e. The maximum Gasteiger partial charge on any atom is 0.416 e. The summed E-state index contributed by atoms with van der Waals surface area (Å²) in [5.74, 6) is -0.933. The quantitative estimate of drug-likeness (QED) is 0.729. The lowest BCUT2D eigenvalue weighted by molar-refractivity contribution is -0.140. The van der Waals surface area contributed by atoms with Gasteiger partial charge in [-0.1, -0.05) is 32.0 Å². The average Bonchev–Trinajstić information content (AvgIpc) is 3.40. The van der Waals surface area contributed by atoms with E-state index in [1.54, 1.807) is 13.8 Å². The minimum Gasteiger partial charge on any atom is -0.346 e. The molecule has 1 atom stereocenters. The summed E-state index contributed by atoms with van der Waals surface area (Å²) in [6, 6.07) is 4.40. The third-order valence-electron chi connectivity index (χ3n) is 4.41. The molecule has 5 nitrogen and oxygen atoms in total. The number of nitrogens with one attached hydrogen (secondary N) is 1. The van der Waals surface area contributed by atoms with Crippen molar-refractivity contribution in [2.45, 2.75) is 51.5 Å². The summed E-state index contributed by atoms with van der Waals surface area (Å²) < 4.78 is 39.5. The molecular formula is C18H25ClF3N3O2. The van der Waals surface area contributed by atoms with Crippen molar-refractivity contribution in [3.05, 3.63) is 35.4 Å². The molecule has 0 radical (unpaired) electrons. The second-order valence-corrected chi connectivity index (χ2v) is 6.90. The van der Waals surface area contributed by atoms with Gasteiger partial charge in [-0.25, -0.2) is 0 Å². The van der Waals surface area contributed by atoms with Crippen molar-refractivity contribution >= 4 is 24.2 Å². The molecule has 0 aromatic heterocycles. The van der Waals surface area contributed by atoms with E-state index < -0.39 is 29.6 Å². The van der Waals surface area contributed by atoms with Gasteiger partial charge in [0.1, 0.15) is 0 Å². The van der Waals surface area contributed by atoms with E-state index in [2.05, 4.69) is 5.32 Å². The first-order chi connectivity index (χ1) is 12.1. The van der Waals surface area contributed by atoms with E-state index >= 15 is 0 Å². The number of nitrogens with two attached hydrogens (primary N) is 1. The Morgan fingerprint density at radius 1 is 1.26 bits per heavy atom. The van der Waals surface area contributed by atoms with Crippen molar-refractivity contribution in [2.75, 3.05) is 6.54 Å². The normalized spacial score (nSPS) is 15.1. The minimum atomic E-state index is -4.48. The Bertz CT molecular complexity index is 663. The second-order valence-electron chi connectivity index (χ2n) is 6.90. The third kappa shape index (κ3) is 6.39. The fourth-order valence-corrected chi connectivity index (χ4v) is 2.61. The van der Waals surface area contributed by atoms with Crippen molar-refractivity contribution in [3.8, 4) is 0 Å². The first-order valence-corrected chi connectivity index (χ1v) is 8.59. The van der Waals surface area contributed by atoms with Crippen LogP contribution in [-0.4, -0.2) is 35.3 Å². The van der Waals surface area contributed by atoms with Crippen LogP contribution in [-0.2, 0) is 22.3 Å². The molecule has 0 unspecified atom stereocenters. The van der Waals surface area contributed by atoms with Crippen LogP contribution in [0, 0.1) is 5.92 Å².